The number of carbonyl (C=O) groups excluding carboxylic acids is 1. The third-order valence-electron chi connectivity index (χ3n) is 4.43. The summed E-state index contributed by atoms with van der Waals surface area (Å²) in [7, 11) is 1.60. The molecule has 3 aromatic carbocycles. The van der Waals surface area contributed by atoms with Gasteiger partial charge >= 0.3 is 0 Å². The summed E-state index contributed by atoms with van der Waals surface area (Å²) in [5.41, 5.74) is 7.06. The standard InChI is InChI=1S/C24H24N2O3/c1-17-9-11-21(18(2)13-17)24(27)26-25-15-20-10-12-22(28-3)23(14-20)29-16-19-7-5-4-6-8-19/h4-15H,16H2,1-3H3,(H,26,27). The highest BCUT2D eigenvalue weighted by Gasteiger charge is 2.08. The molecule has 0 saturated heterocycles. The van der Waals surface area contributed by atoms with Gasteiger partial charge < -0.3 is 9.47 Å². The van der Waals surface area contributed by atoms with Crippen LogP contribution in [0.2, 0.25) is 0 Å². The number of benzene rings is 3. The van der Waals surface area contributed by atoms with Crippen LogP contribution in [0.15, 0.2) is 71.8 Å². The third-order valence-corrected chi connectivity index (χ3v) is 4.43. The molecule has 148 valence electrons. The Labute approximate surface area is 171 Å². The number of rotatable bonds is 7. The highest BCUT2D eigenvalue weighted by Crippen LogP contribution is 2.28. The first kappa shape index (κ1) is 20.1. The number of nitrogens with zero attached hydrogens (tertiary/aromatic N) is 1. The van der Waals surface area contributed by atoms with Crippen LogP contribution in [0.5, 0.6) is 11.5 Å². The fourth-order valence-corrected chi connectivity index (χ4v) is 2.92. The minimum atomic E-state index is -0.243. The first-order valence-electron chi connectivity index (χ1n) is 9.32. The summed E-state index contributed by atoms with van der Waals surface area (Å²) < 4.78 is 11.3. The Kier molecular flexibility index (Phi) is 6.63. The summed E-state index contributed by atoms with van der Waals surface area (Å²) in [5, 5.41) is 4.08. The highest BCUT2D eigenvalue weighted by molar-refractivity contribution is 5.96. The van der Waals surface area contributed by atoms with Crippen molar-refractivity contribution >= 4 is 12.1 Å². The summed E-state index contributed by atoms with van der Waals surface area (Å²) >= 11 is 0. The molecule has 0 saturated carbocycles. The maximum Gasteiger partial charge on any atom is 0.271 e. The molecule has 3 aromatic rings. The summed E-state index contributed by atoms with van der Waals surface area (Å²) in [6.45, 7) is 4.33. The molecule has 0 aliphatic carbocycles. The molecule has 0 heterocycles. The second kappa shape index (κ2) is 9.55. The minimum Gasteiger partial charge on any atom is -0.493 e. The van der Waals surface area contributed by atoms with Gasteiger partial charge in [0, 0.05) is 5.56 Å². The smallest absolute Gasteiger partial charge is 0.271 e. The number of methoxy groups -OCH3 is 1. The van der Waals surface area contributed by atoms with Gasteiger partial charge in [0.15, 0.2) is 11.5 Å². The van der Waals surface area contributed by atoms with E-state index in [1.807, 2.05) is 74.5 Å². The molecule has 0 aromatic heterocycles. The number of carbonyl (C=O) groups is 1. The van der Waals surface area contributed by atoms with Crippen LogP contribution in [-0.2, 0) is 6.61 Å². The van der Waals surface area contributed by atoms with Crippen molar-refractivity contribution in [2.24, 2.45) is 5.10 Å². The Balaban J connectivity index is 1.67. The van der Waals surface area contributed by atoms with E-state index in [0.29, 0.717) is 23.7 Å². The molecule has 0 atom stereocenters. The number of aryl methyl sites for hydroxylation is 2. The fraction of sp³-hybridized carbons (Fsp3) is 0.167. The normalized spacial score (nSPS) is 10.7. The van der Waals surface area contributed by atoms with E-state index in [1.54, 1.807) is 19.4 Å². The van der Waals surface area contributed by atoms with Crippen molar-refractivity contribution in [1.82, 2.24) is 5.43 Å². The van der Waals surface area contributed by atoms with E-state index >= 15 is 0 Å². The highest BCUT2D eigenvalue weighted by atomic mass is 16.5. The number of hydrogen-bond acceptors (Lipinski definition) is 4. The number of hydrogen-bond donors (Lipinski definition) is 1. The van der Waals surface area contributed by atoms with Crippen molar-refractivity contribution in [3.8, 4) is 11.5 Å². The third kappa shape index (κ3) is 5.45. The maximum absolute atomic E-state index is 12.3. The lowest BCUT2D eigenvalue weighted by Crippen LogP contribution is -2.18. The van der Waals surface area contributed by atoms with Crippen molar-refractivity contribution in [2.45, 2.75) is 20.5 Å². The molecule has 0 unspecified atom stereocenters. The van der Waals surface area contributed by atoms with E-state index in [9.17, 15) is 4.79 Å². The topological polar surface area (TPSA) is 59.9 Å². The molecule has 1 N–H and O–H groups in total. The van der Waals surface area contributed by atoms with Gasteiger partial charge in [0.25, 0.3) is 5.91 Å². The van der Waals surface area contributed by atoms with Crippen molar-refractivity contribution in [3.05, 3.63) is 94.5 Å². The van der Waals surface area contributed by atoms with Gasteiger partial charge in [0.2, 0.25) is 0 Å². The van der Waals surface area contributed by atoms with E-state index in [0.717, 1.165) is 22.3 Å². The van der Waals surface area contributed by atoms with Crippen molar-refractivity contribution in [3.63, 3.8) is 0 Å². The Morgan fingerprint density at radius 1 is 1.00 bits per heavy atom. The van der Waals surface area contributed by atoms with Crippen molar-refractivity contribution in [1.29, 1.82) is 0 Å². The Bertz CT molecular complexity index is 1010. The van der Waals surface area contributed by atoms with Crippen LogP contribution in [0.4, 0.5) is 0 Å². The molecule has 0 spiro atoms. The second-order valence-electron chi connectivity index (χ2n) is 6.70. The Morgan fingerprint density at radius 3 is 2.52 bits per heavy atom. The van der Waals surface area contributed by atoms with Crippen LogP contribution in [0.3, 0.4) is 0 Å². The van der Waals surface area contributed by atoms with Gasteiger partial charge in [-0.3, -0.25) is 4.79 Å². The van der Waals surface area contributed by atoms with Gasteiger partial charge in [-0.2, -0.15) is 5.10 Å². The van der Waals surface area contributed by atoms with Crippen LogP contribution in [-0.4, -0.2) is 19.2 Å². The van der Waals surface area contributed by atoms with Gasteiger partial charge in [-0.25, -0.2) is 5.43 Å². The molecule has 5 nitrogen and oxygen atoms in total. The predicted octanol–water partition coefficient (Wildman–Crippen LogP) is 4.65. The summed E-state index contributed by atoms with van der Waals surface area (Å²) in [6, 6.07) is 21.1. The maximum atomic E-state index is 12.3. The zero-order valence-corrected chi connectivity index (χ0v) is 16.8. The van der Waals surface area contributed by atoms with Crippen LogP contribution in [0, 0.1) is 13.8 Å². The van der Waals surface area contributed by atoms with Crippen LogP contribution in [0.25, 0.3) is 0 Å². The number of ether oxygens (including phenoxy) is 2. The van der Waals surface area contributed by atoms with Crippen LogP contribution >= 0.6 is 0 Å². The van der Waals surface area contributed by atoms with Crippen molar-refractivity contribution < 1.29 is 14.3 Å². The van der Waals surface area contributed by atoms with Gasteiger partial charge in [0.1, 0.15) is 6.61 Å². The fourth-order valence-electron chi connectivity index (χ4n) is 2.92. The molecule has 0 bridgehead atoms. The number of nitrogens with one attached hydrogen (secondary N) is 1. The lowest BCUT2D eigenvalue weighted by molar-refractivity contribution is 0.0954. The van der Waals surface area contributed by atoms with E-state index in [1.165, 1.54) is 0 Å². The van der Waals surface area contributed by atoms with Gasteiger partial charge in [-0.05, 0) is 54.8 Å². The lowest BCUT2D eigenvalue weighted by atomic mass is 10.1. The molecule has 5 heteroatoms. The van der Waals surface area contributed by atoms with Crippen molar-refractivity contribution in [2.75, 3.05) is 7.11 Å². The van der Waals surface area contributed by atoms with E-state index in [2.05, 4.69) is 10.5 Å². The second-order valence-corrected chi connectivity index (χ2v) is 6.70. The molecular weight excluding hydrogens is 364 g/mol. The minimum absolute atomic E-state index is 0.243. The largest absolute Gasteiger partial charge is 0.493 e. The van der Waals surface area contributed by atoms with Crippen LogP contribution in [0.1, 0.15) is 32.6 Å². The molecular formula is C24H24N2O3. The first-order valence-corrected chi connectivity index (χ1v) is 9.32. The zero-order valence-electron chi connectivity index (χ0n) is 16.8. The van der Waals surface area contributed by atoms with E-state index < -0.39 is 0 Å². The Hall–Kier alpha value is -3.60. The van der Waals surface area contributed by atoms with Gasteiger partial charge in [-0.1, -0.05) is 48.0 Å². The first-order chi connectivity index (χ1) is 14.1. The molecule has 3 rings (SSSR count). The summed E-state index contributed by atoms with van der Waals surface area (Å²) in [6.07, 6.45) is 1.58. The number of hydrazone groups is 1. The van der Waals surface area contributed by atoms with E-state index in [-0.39, 0.29) is 5.91 Å². The molecule has 1 amide bonds. The molecule has 0 aliphatic rings. The lowest BCUT2D eigenvalue weighted by Gasteiger charge is -2.11. The quantitative estimate of drug-likeness (QED) is 0.473. The van der Waals surface area contributed by atoms with Gasteiger partial charge in [-0.15, -0.1) is 0 Å². The van der Waals surface area contributed by atoms with Crippen LogP contribution < -0.4 is 14.9 Å². The monoisotopic (exact) mass is 388 g/mol. The average molecular weight is 388 g/mol. The van der Waals surface area contributed by atoms with E-state index in [4.69, 9.17) is 9.47 Å². The Morgan fingerprint density at radius 2 is 1.79 bits per heavy atom. The molecule has 0 radical (unpaired) electrons. The number of amides is 1. The summed E-state index contributed by atoms with van der Waals surface area (Å²) in [4.78, 5) is 12.3. The molecule has 0 fully saturated rings. The zero-order chi connectivity index (χ0) is 20.6. The molecule has 29 heavy (non-hydrogen) atoms. The SMILES string of the molecule is COc1ccc(C=NNC(=O)c2ccc(C)cc2C)cc1OCc1ccccc1. The van der Waals surface area contributed by atoms with Gasteiger partial charge in [0.05, 0.1) is 13.3 Å². The summed E-state index contributed by atoms with van der Waals surface area (Å²) in [5.74, 6) is 1.01. The average Bonchev–Trinajstić information content (AvgIpc) is 2.73. The predicted molar refractivity (Wildman–Crippen MR) is 115 cm³/mol. The molecule has 0 aliphatic heterocycles.